The van der Waals surface area contributed by atoms with E-state index in [1.54, 1.807) is 12.1 Å². The van der Waals surface area contributed by atoms with Crippen molar-refractivity contribution in [2.75, 3.05) is 18.4 Å². The molecule has 2 aromatic rings. The number of benzene rings is 1. The van der Waals surface area contributed by atoms with Crippen LogP contribution in [-0.2, 0) is 11.2 Å². The molecular weight excluding hydrogens is 337 g/mol. The van der Waals surface area contributed by atoms with Crippen molar-refractivity contribution in [3.63, 3.8) is 0 Å². The molecule has 0 saturated carbocycles. The van der Waals surface area contributed by atoms with E-state index in [9.17, 15) is 9.18 Å². The number of amides is 1. The summed E-state index contributed by atoms with van der Waals surface area (Å²) in [6.45, 7) is 4.01. The number of halogens is 1. The highest BCUT2D eigenvalue weighted by Crippen LogP contribution is 2.26. The molecule has 1 aromatic heterocycles. The predicted molar refractivity (Wildman–Crippen MR) is 99.5 cm³/mol. The molecule has 25 heavy (non-hydrogen) atoms. The second-order valence-corrected chi connectivity index (χ2v) is 7.66. The van der Waals surface area contributed by atoms with Crippen molar-refractivity contribution in [1.29, 1.82) is 0 Å². The Morgan fingerprint density at radius 3 is 2.88 bits per heavy atom. The number of rotatable bonds is 6. The Kier molecular flexibility index (Phi) is 6.15. The van der Waals surface area contributed by atoms with Crippen LogP contribution in [0, 0.1) is 18.7 Å². The highest BCUT2D eigenvalue weighted by atomic mass is 32.1. The summed E-state index contributed by atoms with van der Waals surface area (Å²) in [6, 6.07) is 6.77. The van der Waals surface area contributed by atoms with Crippen molar-refractivity contribution in [3.8, 4) is 0 Å². The van der Waals surface area contributed by atoms with Gasteiger partial charge in [-0.2, -0.15) is 0 Å². The number of carbonyl (C=O) groups is 1. The maximum Gasteiger partial charge on any atom is 0.226 e. The van der Waals surface area contributed by atoms with Gasteiger partial charge in [-0.15, -0.1) is 11.3 Å². The topological polar surface area (TPSA) is 54.0 Å². The predicted octanol–water partition coefficient (Wildman–Crippen LogP) is 3.90. The van der Waals surface area contributed by atoms with Gasteiger partial charge in [0.15, 0.2) is 5.13 Å². The van der Waals surface area contributed by atoms with E-state index in [-0.39, 0.29) is 11.7 Å². The third kappa shape index (κ3) is 5.09. The molecule has 0 aliphatic carbocycles. The van der Waals surface area contributed by atoms with Crippen molar-refractivity contribution in [3.05, 3.63) is 46.2 Å². The van der Waals surface area contributed by atoms with E-state index < -0.39 is 0 Å². The summed E-state index contributed by atoms with van der Waals surface area (Å²) in [6.07, 6.45) is 4.26. The van der Waals surface area contributed by atoms with Gasteiger partial charge in [0, 0.05) is 17.7 Å². The molecule has 1 aliphatic heterocycles. The SMILES string of the molecule is Cc1nc(NC(=O)CCC2CCNCC2)sc1Cc1ccccc1F. The van der Waals surface area contributed by atoms with Gasteiger partial charge < -0.3 is 10.6 Å². The average molecular weight is 361 g/mol. The quantitative estimate of drug-likeness (QED) is 0.820. The average Bonchev–Trinajstić information content (AvgIpc) is 2.95. The van der Waals surface area contributed by atoms with Crippen LogP contribution >= 0.6 is 11.3 Å². The maximum atomic E-state index is 13.8. The van der Waals surface area contributed by atoms with Crippen LogP contribution < -0.4 is 10.6 Å². The molecule has 1 aromatic carbocycles. The van der Waals surface area contributed by atoms with E-state index in [0.29, 0.717) is 29.5 Å². The van der Waals surface area contributed by atoms with Crippen molar-refractivity contribution in [1.82, 2.24) is 10.3 Å². The highest BCUT2D eigenvalue weighted by Gasteiger charge is 2.16. The van der Waals surface area contributed by atoms with Gasteiger partial charge in [-0.05, 0) is 56.8 Å². The second-order valence-electron chi connectivity index (χ2n) is 6.58. The summed E-state index contributed by atoms with van der Waals surface area (Å²) in [4.78, 5) is 17.6. The molecule has 1 fully saturated rings. The fraction of sp³-hybridized carbons (Fsp3) is 0.474. The van der Waals surface area contributed by atoms with Crippen LogP contribution in [0.3, 0.4) is 0 Å². The van der Waals surface area contributed by atoms with Gasteiger partial charge in [0.2, 0.25) is 5.91 Å². The Morgan fingerprint density at radius 1 is 1.36 bits per heavy atom. The number of hydrogen-bond donors (Lipinski definition) is 2. The van der Waals surface area contributed by atoms with Gasteiger partial charge in [0.1, 0.15) is 5.82 Å². The third-order valence-corrected chi connectivity index (χ3v) is 5.76. The smallest absolute Gasteiger partial charge is 0.226 e. The molecular formula is C19H24FN3OS. The molecule has 1 amide bonds. The Bertz CT molecular complexity index is 725. The van der Waals surface area contributed by atoms with Crippen LogP contribution in [0.2, 0.25) is 0 Å². The molecule has 6 heteroatoms. The van der Waals surface area contributed by atoms with Gasteiger partial charge in [0.05, 0.1) is 5.69 Å². The summed E-state index contributed by atoms with van der Waals surface area (Å²) in [5.74, 6) is 0.453. The molecule has 1 saturated heterocycles. The largest absolute Gasteiger partial charge is 0.317 e. The number of nitrogens with zero attached hydrogens (tertiary/aromatic N) is 1. The second kappa shape index (κ2) is 8.54. The lowest BCUT2D eigenvalue weighted by atomic mass is 9.93. The molecule has 2 heterocycles. The summed E-state index contributed by atoms with van der Waals surface area (Å²) in [5.41, 5.74) is 1.50. The lowest BCUT2D eigenvalue weighted by molar-refractivity contribution is -0.116. The molecule has 0 spiro atoms. The first-order chi connectivity index (χ1) is 12.1. The zero-order chi connectivity index (χ0) is 17.6. The highest BCUT2D eigenvalue weighted by molar-refractivity contribution is 7.15. The number of nitrogens with one attached hydrogen (secondary N) is 2. The van der Waals surface area contributed by atoms with Gasteiger partial charge >= 0.3 is 0 Å². The van der Waals surface area contributed by atoms with Crippen molar-refractivity contribution >= 4 is 22.4 Å². The molecule has 2 N–H and O–H groups in total. The first-order valence-corrected chi connectivity index (χ1v) is 9.63. The summed E-state index contributed by atoms with van der Waals surface area (Å²) >= 11 is 1.43. The molecule has 3 rings (SSSR count). The number of thiazole rings is 1. The fourth-order valence-electron chi connectivity index (χ4n) is 3.15. The zero-order valence-electron chi connectivity index (χ0n) is 14.5. The molecule has 134 valence electrons. The molecule has 0 radical (unpaired) electrons. The Balaban J connectivity index is 1.54. The monoisotopic (exact) mass is 361 g/mol. The number of aromatic nitrogens is 1. The minimum atomic E-state index is -0.206. The van der Waals surface area contributed by atoms with Gasteiger partial charge in [-0.25, -0.2) is 9.37 Å². The number of aryl methyl sites for hydroxylation is 1. The van der Waals surface area contributed by atoms with Crippen LogP contribution in [0.25, 0.3) is 0 Å². The standard InChI is InChI=1S/C19H24FN3OS/c1-13-17(12-15-4-2-3-5-16(15)20)25-19(22-13)23-18(24)7-6-14-8-10-21-11-9-14/h2-5,14,21H,6-12H2,1H3,(H,22,23,24). The van der Waals surface area contributed by atoms with Crippen LogP contribution in [0.4, 0.5) is 9.52 Å². The van der Waals surface area contributed by atoms with E-state index in [0.717, 1.165) is 42.9 Å². The number of anilines is 1. The molecule has 0 atom stereocenters. The number of carbonyl (C=O) groups excluding carboxylic acids is 1. The Labute approximate surface area is 151 Å². The van der Waals surface area contributed by atoms with Crippen molar-refractivity contribution < 1.29 is 9.18 Å². The molecule has 0 unspecified atom stereocenters. The first-order valence-electron chi connectivity index (χ1n) is 8.82. The normalized spacial score (nSPS) is 15.3. The van der Waals surface area contributed by atoms with Crippen molar-refractivity contribution in [2.45, 2.75) is 39.0 Å². The minimum absolute atomic E-state index is 0.0183. The van der Waals surface area contributed by atoms with Gasteiger partial charge in [-0.1, -0.05) is 18.2 Å². The van der Waals surface area contributed by atoms with Gasteiger partial charge in [-0.3, -0.25) is 4.79 Å². The minimum Gasteiger partial charge on any atom is -0.317 e. The van der Waals surface area contributed by atoms with Crippen LogP contribution in [0.15, 0.2) is 24.3 Å². The molecule has 4 nitrogen and oxygen atoms in total. The summed E-state index contributed by atoms with van der Waals surface area (Å²) < 4.78 is 13.8. The number of hydrogen-bond acceptors (Lipinski definition) is 4. The summed E-state index contributed by atoms with van der Waals surface area (Å²) in [7, 11) is 0. The van der Waals surface area contributed by atoms with Crippen molar-refractivity contribution in [2.24, 2.45) is 5.92 Å². The Morgan fingerprint density at radius 2 is 2.12 bits per heavy atom. The fourth-order valence-corrected chi connectivity index (χ4v) is 4.15. The lowest BCUT2D eigenvalue weighted by Crippen LogP contribution is -2.28. The van der Waals surface area contributed by atoms with E-state index in [1.807, 2.05) is 13.0 Å². The Hall–Kier alpha value is -1.79. The summed E-state index contributed by atoms with van der Waals surface area (Å²) in [5, 5.41) is 6.85. The van der Waals surface area contributed by atoms with Crippen LogP contribution in [-0.4, -0.2) is 24.0 Å². The van der Waals surface area contributed by atoms with E-state index in [2.05, 4.69) is 15.6 Å². The zero-order valence-corrected chi connectivity index (χ0v) is 15.3. The first kappa shape index (κ1) is 18.0. The maximum absolute atomic E-state index is 13.8. The molecule has 1 aliphatic rings. The molecule has 0 bridgehead atoms. The van der Waals surface area contributed by atoms with Crippen LogP contribution in [0.1, 0.15) is 41.8 Å². The van der Waals surface area contributed by atoms with E-state index >= 15 is 0 Å². The van der Waals surface area contributed by atoms with Crippen LogP contribution in [0.5, 0.6) is 0 Å². The van der Waals surface area contributed by atoms with Gasteiger partial charge in [0.25, 0.3) is 0 Å². The number of piperidine rings is 1. The third-order valence-electron chi connectivity index (χ3n) is 4.69. The lowest BCUT2D eigenvalue weighted by Gasteiger charge is -2.21. The van der Waals surface area contributed by atoms with E-state index in [1.165, 1.54) is 17.4 Å². The van der Waals surface area contributed by atoms with E-state index in [4.69, 9.17) is 0 Å².